The number of rotatable bonds is 5. The molecule has 140 valence electrons. The molecule has 1 saturated carbocycles. The minimum absolute atomic E-state index is 0.0119. The summed E-state index contributed by atoms with van der Waals surface area (Å²) in [6.45, 7) is 5.60. The lowest BCUT2D eigenvalue weighted by Crippen LogP contribution is -2.72. The molecule has 3 aliphatic rings. The molecule has 2 saturated heterocycles. The van der Waals surface area contributed by atoms with Crippen LogP contribution in [0, 0.1) is 17.2 Å². The Morgan fingerprint density at radius 1 is 1.42 bits per heavy atom. The third-order valence-electron chi connectivity index (χ3n) is 6.43. The van der Waals surface area contributed by atoms with E-state index in [9.17, 15) is 10.1 Å². The summed E-state index contributed by atoms with van der Waals surface area (Å²) >= 11 is 0. The highest BCUT2D eigenvalue weighted by Gasteiger charge is 2.50. The number of aryl methyl sites for hydroxylation is 1. The quantitative estimate of drug-likeness (QED) is 0.851. The molecule has 3 fully saturated rings. The van der Waals surface area contributed by atoms with Gasteiger partial charge in [0, 0.05) is 51.5 Å². The molecule has 1 aliphatic carbocycles. The Kier molecular flexibility index (Phi) is 4.49. The van der Waals surface area contributed by atoms with Gasteiger partial charge < -0.3 is 10.2 Å². The van der Waals surface area contributed by atoms with Crippen LogP contribution in [0.25, 0.3) is 0 Å². The number of nitriles is 1. The Balaban J connectivity index is 1.35. The molecule has 0 aromatic carbocycles. The van der Waals surface area contributed by atoms with Crippen molar-refractivity contribution >= 4 is 5.91 Å². The smallest absolute Gasteiger partial charge is 0.272 e. The van der Waals surface area contributed by atoms with Gasteiger partial charge in [-0.3, -0.25) is 14.4 Å². The second-order valence-corrected chi connectivity index (χ2v) is 8.31. The highest BCUT2D eigenvalue weighted by molar-refractivity contribution is 5.93. The fraction of sp³-hybridized carbons (Fsp3) is 0.737. The van der Waals surface area contributed by atoms with E-state index in [1.165, 1.54) is 6.42 Å². The van der Waals surface area contributed by atoms with E-state index in [2.05, 4.69) is 28.3 Å². The summed E-state index contributed by atoms with van der Waals surface area (Å²) in [6.07, 6.45) is 5.70. The van der Waals surface area contributed by atoms with Crippen LogP contribution >= 0.6 is 0 Å². The second kappa shape index (κ2) is 6.67. The first-order chi connectivity index (χ1) is 12.5. The van der Waals surface area contributed by atoms with Gasteiger partial charge in [0.15, 0.2) is 0 Å². The number of nitrogens with zero attached hydrogens (tertiary/aromatic N) is 5. The van der Waals surface area contributed by atoms with E-state index < -0.39 is 0 Å². The van der Waals surface area contributed by atoms with Crippen LogP contribution in [0.3, 0.4) is 0 Å². The van der Waals surface area contributed by atoms with Gasteiger partial charge in [-0.05, 0) is 31.2 Å². The van der Waals surface area contributed by atoms with Crippen LogP contribution in [0.1, 0.15) is 43.1 Å². The number of piperidine rings is 1. The van der Waals surface area contributed by atoms with E-state index in [0.717, 1.165) is 37.9 Å². The Hall–Kier alpha value is -1.91. The van der Waals surface area contributed by atoms with Gasteiger partial charge in [-0.2, -0.15) is 10.4 Å². The van der Waals surface area contributed by atoms with Crippen molar-refractivity contribution in [2.45, 2.75) is 50.2 Å². The van der Waals surface area contributed by atoms with Crippen molar-refractivity contribution < 1.29 is 4.79 Å². The molecule has 7 heteroatoms. The maximum absolute atomic E-state index is 12.6. The van der Waals surface area contributed by atoms with Crippen LogP contribution in [0.5, 0.6) is 0 Å². The number of aromatic nitrogens is 2. The van der Waals surface area contributed by atoms with Crippen molar-refractivity contribution in [2.75, 3.05) is 26.2 Å². The van der Waals surface area contributed by atoms with Crippen LogP contribution in [-0.2, 0) is 7.05 Å². The van der Waals surface area contributed by atoms with E-state index in [-0.39, 0.29) is 11.4 Å². The molecule has 2 aliphatic heterocycles. The zero-order valence-electron chi connectivity index (χ0n) is 15.7. The fourth-order valence-corrected chi connectivity index (χ4v) is 4.50. The van der Waals surface area contributed by atoms with Crippen molar-refractivity contribution in [3.8, 4) is 6.07 Å². The summed E-state index contributed by atoms with van der Waals surface area (Å²) in [5.41, 5.74) is 0.443. The molecule has 26 heavy (non-hydrogen) atoms. The molecule has 1 aromatic rings. The van der Waals surface area contributed by atoms with Crippen LogP contribution in [0.2, 0.25) is 0 Å². The van der Waals surface area contributed by atoms with Crippen molar-refractivity contribution in [2.24, 2.45) is 13.0 Å². The molecule has 0 radical (unpaired) electrons. The summed E-state index contributed by atoms with van der Waals surface area (Å²) < 4.78 is 1.61. The normalized spacial score (nSPS) is 28.4. The lowest BCUT2D eigenvalue weighted by molar-refractivity contribution is -0.0501. The third kappa shape index (κ3) is 3.12. The number of carbonyl (C=O) groups excluding carboxylic acids is 1. The standard InChI is InChI=1S/C19H28N6O/c1-14-11-16(14)22-15-4-9-25(10-5-15)19(6-7-20)12-24(13-19)18(26)17-3-8-21-23(17)2/h3,8,14-16,22H,4-6,9-13H2,1-2H3/t14-,16-/m1/s1. The first-order valence-corrected chi connectivity index (χ1v) is 9.68. The third-order valence-corrected chi connectivity index (χ3v) is 6.43. The lowest BCUT2D eigenvalue weighted by Gasteiger charge is -2.56. The van der Waals surface area contributed by atoms with E-state index in [0.29, 0.717) is 31.2 Å². The van der Waals surface area contributed by atoms with Crippen LogP contribution in [0.4, 0.5) is 0 Å². The average Bonchev–Trinajstić information content (AvgIpc) is 3.11. The van der Waals surface area contributed by atoms with Crippen molar-refractivity contribution in [3.05, 3.63) is 18.0 Å². The Labute approximate surface area is 154 Å². The summed E-state index contributed by atoms with van der Waals surface area (Å²) in [4.78, 5) is 17.0. The molecule has 3 heterocycles. The first kappa shape index (κ1) is 17.5. The number of amides is 1. The molecule has 7 nitrogen and oxygen atoms in total. The minimum atomic E-state index is -0.166. The summed E-state index contributed by atoms with van der Waals surface area (Å²) in [7, 11) is 1.79. The minimum Gasteiger partial charge on any atom is -0.333 e. The highest BCUT2D eigenvalue weighted by atomic mass is 16.2. The molecule has 4 rings (SSSR count). The van der Waals surface area contributed by atoms with Gasteiger partial charge in [0.25, 0.3) is 5.91 Å². The van der Waals surface area contributed by atoms with Gasteiger partial charge in [0.2, 0.25) is 0 Å². The molecular formula is C19H28N6O. The number of likely N-dealkylation sites (tertiary alicyclic amines) is 2. The zero-order valence-corrected chi connectivity index (χ0v) is 15.7. The molecule has 0 unspecified atom stereocenters. The predicted octanol–water partition coefficient (Wildman–Crippen LogP) is 0.991. The van der Waals surface area contributed by atoms with Crippen molar-refractivity contribution in [3.63, 3.8) is 0 Å². The number of nitrogens with one attached hydrogen (secondary N) is 1. The average molecular weight is 356 g/mol. The molecular weight excluding hydrogens is 328 g/mol. The second-order valence-electron chi connectivity index (χ2n) is 8.31. The van der Waals surface area contributed by atoms with Crippen LogP contribution in [0.15, 0.2) is 12.3 Å². The van der Waals surface area contributed by atoms with Crippen LogP contribution in [-0.4, -0.2) is 69.3 Å². The highest BCUT2D eigenvalue weighted by Crippen LogP contribution is 2.35. The summed E-state index contributed by atoms with van der Waals surface area (Å²) in [6, 6.07) is 5.43. The lowest BCUT2D eigenvalue weighted by atomic mass is 9.82. The molecule has 0 bridgehead atoms. The van der Waals surface area contributed by atoms with Gasteiger partial charge in [-0.25, -0.2) is 0 Å². The molecule has 1 N–H and O–H groups in total. The first-order valence-electron chi connectivity index (χ1n) is 9.68. The maximum Gasteiger partial charge on any atom is 0.272 e. The molecule has 2 atom stereocenters. The summed E-state index contributed by atoms with van der Waals surface area (Å²) in [5.74, 6) is 0.842. The van der Waals surface area contributed by atoms with E-state index in [1.807, 2.05) is 4.90 Å². The van der Waals surface area contributed by atoms with Gasteiger partial charge in [0.1, 0.15) is 5.69 Å². The largest absolute Gasteiger partial charge is 0.333 e. The maximum atomic E-state index is 12.6. The number of hydrogen-bond donors (Lipinski definition) is 1. The fourth-order valence-electron chi connectivity index (χ4n) is 4.50. The van der Waals surface area contributed by atoms with E-state index in [4.69, 9.17) is 0 Å². The van der Waals surface area contributed by atoms with Crippen LogP contribution < -0.4 is 5.32 Å². The zero-order chi connectivity index (χ0) is 18.3. The molecule has 1 aromatic heterocycles. The SMILES string of the molecule is C[C@@H]1C[C@H]1NC1CCN(C2(CC#N)CN(C(=O)c3ccnn3C)C2)CC1. The van der Waals surface area contributed by atoms with Gasteiger partial charge in [0.05, 0.1) is 18.0 Å². The Bertz CT molecular complexity index is 708. The van der Waals surface area contributed by atoms with E-state index in [1.54, 1.807) is 24.0 Å². The topological polar surface area (TPSA) is 77.2 Å². The summed E-state index contributed by atoms with van der Waals surface area (Å²) in [5, 5.41) is 17.2. The van der Waals surface area contributed by atoms with E-state index >= 15 is 0 Å². The van der Waals surface area contributed by atoms with Gasteiger partial charge >= 0.3 is 0 Å². The van der Waals surface area contributed by atoms with Crippen molar-refractivity contribution in [1.82, 2.24) is 24.9 Å². The Morgan fingerprint density at radius 2 is 2.12 bits per heavy atom. The number of hydrogen-bond acceptors (Lipinski definition) is 5. The predicted molar refractivity (Wildman–Crippen MR) is 97.4 cm³/mol. The van der Waals surface area contributed by atoms with Gasteiger partial charge in [-0.15, -0.1) is 0 Å². The molecule has 0 spiro atoms. The molecule has 1 amide bonds. The number of carbonyl (C=O) groups is 1. The monoisotopic (exact) mass is 356 g/mol. The van der Waals surface area contributed by atoms with Gasteiger partial charge in [-0.1, -0.05) is 6.92 Å². The van der Waals surface area contributed by atoms with Crippen molar-refractivity contribution in [1.29, 1.82) is 5.26 Å². The Morgan fingerprint density at radius 3 is 2.65 bits per heavy atom.